The highest BCUT2D eigenvalue weighted by Crippen LogP contribution is 2.50. The average molecular weight is 765 g/mol. The first-order chi connectivity index (χ1) is 29.7. The van der Waals surface area contributed by atoms with E-state index in [0.29, 0.717) is 17.5 Å². The average Bonchev–Trinajstić information content (AvgIpc) is 3.83. The maximum atomic E-state index is 5.28. The highest BCUT2D eigenvalue weighted by Gasteiger charge is 2.31. The summed E-state index contributed by atoms with van der Waals surface area (Å²) in [6, 6.07) is 75.8. The third-order valence-electron chi connectivity index (χ3n) is 12.1. The molecule has 0 saturated heterocycles. The molecule has 1 aliphatic rings. The van der Waals surface area contributed by atoms with Gasteiger partial charge in [-0.2, -0.15) is 0 Å². The van der Waals surface area contributed by atoms with Crippen molar-refractivity contribution in [2.45, 2.75) is 5.92 Å². The van der Waals surface area contributed by atoms with Crippen LogP contribution in [0.2, 0.25) is 0 Å². The van der Waals surface area contributed by atoms with Gasteiger partial charge in [0.15, 0.2) is 17.5 Å². The smallest absolute Gasteiger partial charge is 0.164 e. The van der Waals surface area contributed by atoms with Crippen molar-refractivity contribution >= 4 is 32.6 Å². The molecule has 1 aliphatic carbocycles. The first-order valence-electron chi connectivity index (χ1n) is 20.5. The predicted octanol–water partition coefficient (Wildman–Crippen LogP) is 14.0. The standard InChI is InChI=1S/C56H36N4/c1-4-16-36(17-5-1)37-28-30-40(31-29-37)55-57-54(39-20-8-3-9-21-39)58-56(59-55)50-33-42(32-41-22-10-11-23-43(41)50)60-51-27-15-14-25-45(51)48-34-47-44-24-12-13-26-46(44)53(49(47)35-52(48)60)38-18-6-2-7-19-38/h1-35,53H. The van der Waals surface area contributed by atoms with Crippen LogP contribution in [0.3, 0.4) is 0 Å². The van der Waals surface area contributed by atoms with E-state index in [-0.39, 0.29) is 5.92 Å². The highest BCUT2D eigenvalue weighted by atomic mass is 15.0. The molecule has 1 atom stereocenters. The van der Waals surface area contributed by atoms with Crippen molar-refractivity contribution in [2.75, 3.05) is 0 Å². The van der Waals surface area contributed by atoms with Gasteiger partial charge in [-0.25, -0.2) is 15.0 Å². The van der Waals surface area contributed by atoms with E-state index in [9.17, 15) is 0 Å². The molecule has 4 nitrogen and oxygen atoms in total. The zero-order chi connectivity index (χ0) is 39.6. The van der Waals surface area contributed by atoms with E-state index < -0.39 is 0 Å². The molecule has 2 aromatic heterocycles. The number of fused-ring (bicyclic) bond motifs is 7. The zero-order valence-corrected chi connectivity index (χ0v) is 32.6. The minimum absolute atomic E-state index is 0.141. The van der Waals surface area contributed by atoms with Crippen LogP contribution in [0, 0.1) is 0 Å². The Balaban J connectivity index is 1.09. The summed E-state index contributed by atoms with van der Waals surface area (Å²) in [6.45, 7) is 0. The van der Waals surface area contributed by atoms with Gasteiger partial charge in [-0.3, -0.25) is 0 Å². The number of benzene rings is 9. The fourth-order valence-corrected chi connectivity index (χ4v) is 9.34. The molecule has 0 fully saturated rings. The molecule has 0 radical (unpaired) electrons. The molecule has 60 heavy (non-hydrogen) atoms. The summed E-state index contributed by atoms with van der Waals surface area (Å²) in [4.78, 5) is 15.6. The van der Waals surface area contributed by atoms with Gasteiger partial charge in [0.1, 0.15) is 0 Å². The van der Waals surface area contributed by atoms with Crippen LogP contribution in [0.25, 0.3) is 94.7 Å². The van der Waals surface area contributed by atoms with Crippen molar-refractivity contribution in [3.63, 3.8) is 0 Å². The van der Waals surface area contributed by atoms with Crippen molar-refractivity contribution < 1.29 is 0 Å². The topological polar surface area (TPSA) is 43.6 Å². The van der Waals surface area contributed by atoms with Gasteiger partial charge in [0, 0.05) is 39.1 Å². The van der Waals surface area contributed by atoms with Crippen LogP contribution in [0.4, 0.5) is 0 Å². The van der Waals surface area contributed by atoms with E-state index in [4.69, 9.17) is 15.0 Å². The SMILES string of the molecule is c1ccc(-c2ccc(-c3nc(-c4ccccc4)nc(-c4cc(-n5c6ccccc6c6cc7c(cc65)C(c5ccccc5)c5ccccc5-7)cc5ccccc45)n3)cc2)cc1. The van der Waals surface area contributed by atoms with Crippen LogP contribution in [0.5, 0.6) is 0 Å². The van der Waals surface area contributed by atoms with Gasteiger partial charge >= 0.3 is 0 Å². The van der Waals surface area contributed by atoms with E-state index in [0.717, 1.165) is 44.2 Å². The van der Waals surface area contributed by atoms with Crippen molar-refractivity contribution in [1.82, 2.24) is 19.5 Å². The second-order valence-corrected chi connectivity index (χ2v) is 15.6. The summed E-state index contributed by atoms with van der Waals surface area (Å²) in [6.07, 6.45) is 0. The maximum Gasteiger partial charge on any atom is 0.164 e. The monoisotopic (exact) mass is 764 g/mol. The number of aromatic nitrogens is 4. The molecule has 0 spiro atoms. The second kappa shape index (κ2) is 13.9. The third-order valence-corrected chi connectivity index (χ3v) is 12.1. The molecule has 0 aliphatic heterocycles. The van der Waals surface area contributed by atoms with E-state index >= 15 is 0 Å². The molecule has 9 aromatic carbocycles. The van der Waals surface area contributed by atoms with Crippen molar-refractivity contribution in [3.05, 3.63) is 229 Å². The minimum Gasteiger partial charge on any atom is -0.309 e. The molecular weight excluding hydrogens is 729 g/mol. The fraction of sp³-hybridized carbons (Fsp3) is 0.0179. The van der Waals surface area contributed by atoms with Crippen LogP contribution in [0.1, 0.15) is 22.6 Å². The highest BCUT2D eigenvalue weighted by molar-refractivity contribution is 6.12. The first kappa shape index (κ1) is 34.1. The van der Waals surface area contributed by atoms with Crippen molar-refractivity contribution in [1.29, 1.82) is 0 Å². The van der Waals surface area contributed by atoms with E-state index in [2.05, 4.69) is 193 Å². The van der Waals surface area contributed by atoms with E-state index in [1.165, 1.54) is 49.7 Å². The molecule has 1 unspecified atom stereocenters. The Kier molecular flexibility index (Phi) is 7.88. The Morgan fingerprint density at radius 1 is 0.333 bits per heavy atom. The Labute approximate surface area is 347 Å². The lowest BCUT2D eigenvalue weighted by Crippen LogP contribution is -2.02. The van der Waals surface area contributed by atoms with E-state index in [1.807, 2.05) is 24.3 Å². The summed E-state index contributed by atoms with van der Waals surface area (Å²) < 4.78 is 2.44. The summed E-state index contributed by atoms with van der Waals surface area (Å²) in [7, 11) is 0. The van der Waals surface area contributed by atoms with Gasteiger partial charge < -0.3 is 4.57 Å². The fourth-order valence-electron chi connectivity index (χ4n) is 9.34. The molecule has 0 amide bonds. The van der Waals surface area contributed by atoms with Crippen molar-refractivity contribution in [2.24, 2.45) is 0 Å². The van der Waals surface area contributed by atoms with Gasteiger partial charge in [-0.15, -0.1) is 0 Å². The lowest BCUT2D eigenvalue weighted by Gasteiger charge is -2.16. The third kappa shape index (κ3) is 5.57. The van der Waals surface area contributed by atoms with Gasteiger partial charge in [0.25, 0.3) is 0 Å². The lowest BCUT2D eigenvalue weighted by molar-refractivity contribution is 1.01. The Morgan fingerprint density at radius 3 is 1.67 bits per heavy atom. The number of hydrogen-bond donors (Lipinski definition) is 0. The van der Waals surface area contributed by atoms with Gasteiger partial charge in [0.05, 0.1) is 11.0 Å². The largest absolute Gasteiger partial charge is 0.309 e. The molecule has 2 heterocycles. The van der Waals surface area contributed by atoms with Gasteiger partial charge in [0.2, 0.25) is 0 Å². The first-order valence-corrected chi connectivity index (χ1v) is 20.5. The number of rotatable bonds is 6. The quantitative estimate of drug-likeness (QED) is 0.169. The lowest BCUT2D eigenvalue weighted by atomic mass is 9.89. The maximum absolute atomic E-state index is 5.28. The minimum atomic E-state index is 0.141. The molecule has 280 valence electrons. The molecule has 4 heteroatoms. The summed E-state index contributed by atoms with van der Waals surface area (Å²) in [5.41, 5.74) is 15.1. The number of para-hydroxylation sites is 1. The summed E-state index contributed by atoms with van der Waals surface area (Å²) in [5.74, 6) is 2.04. The van der Waals surface area contributed by atoms with Crippen LogP contribution in [-0.2, 0) is 0 Å². The van der Waals surface area contributed by atoms with Gasteiger partial charge in [-0.1, -0.05) is 182 Å². The van der Waals surface area contributed by atoms with Crippen LogP contribution < -0.4 is 0 Å². The molecule has 0 N–H and O–H groups in total. The molecule has 0 bridgehead atoms. The molecular formula is C56H36N4. The second-order valence-electron chi connectivity index (χ2n) is 15.6. The predicted molar refractivity (Wildman–Crippen MR) is 246 cm³/mol. The van der Waals surface area contributed by atoms with Crippen molar-refractivity contribution in [3.8, 4) is 62.1 Å². The van der Waals surface area contributed by atoms with Crippen LogP contribution in [-0.4, -0.2) is 19.5 Å². The zero-order valence-electron chi connectivity index (χ0n) is 32.6. The molecule has 11 aromatic rings. The Morgan fingerprint density at radius 2 is 0.900 bits per heavy atom. The Bertz CT molecular complexity index is 3410. The van der Waals surface area contributed by atoms with E-state index in [1.54, 1.807) is 0 Å². The Hall–Kier alpha value is -7.95. The number of hydrogen-bond acceptors (Lipinski definition) is 3. The normalized spacial score (nSPS) is 13.2. The molecule has 0 saturated carbocycles. The summed E-state index contributed by atoms with van der Waals surface area (Å²) >= 11 is 0. The number of nitrogens with zero attached hydrogens (tertiary/aromatic N) is 4. The van der Waals surface area contributed by atoms with Crippen LogP contribution in [0.15, 0.2) is 212 Å². The summed E-state index contributed by atoms with van der Waals surface area (Å²) in [5, 5.41) is 4.65. The molecule has 12 rings (SSSR count). The van der Waals surface area contributed by atoms with Crippen LogP contribution >= 0.6 is 0 Å². The van der Waals surface area contributed by atoms with Gasteiger partial charge in [-0.05, 0) is 80.0 Å².